The van der Waals surface area contributed by atoms with Crippen molar-refractivity contribution in [2.24, 2.45) is 5.92 Å². The normalized spacial score (nSPS) is 17.9. The first-order valence-electron chi connectivity index (χ1n) is 8.00. The van der Waals surface area contributed by atoms with Crippen molar-refractivity contribution >= 4 is 11.9 Å². The number of likely N-dealkylation sites (tertiary alicyclic amines) is 1. The monoisotopic (exact) mass is 322 g/mol. The molecule has 1 aliphatic rings. The Morgan fingerprint density at radius 3 is 2.70 bits per heavy atom. The number of hydrogen-bond donors (Lipinski definition) is 1. The third kappa shape index (κ3) is 4.43. The Hall–Kier alpha value is -2.12. The summed E-state index contributed by atoms with van der Waals surface area (Å²) >= 11 is 0. The van der Waals surface area contributed by atoms with E-state index in [1.807, 2.05) is 13.8 Å². The average Bonchev–Trinajstić information content (AvgIpc) is 2.84. The van der Waals surface area contributed by atoms with Gasteiger partial charge in [0.2, 0.25) is 5.91 Å². The number of rotatable bonds is 4. The van der Waals surface area contributed by atoms with Gasteiger partial charge in [-0.3, -0.25) is 4.79 Å². The number of amides is 3. The lowest BCUT2D eigenvalue weighted by Gasteiger charge is -2.33. The van der Waals surface area contributed by atoms with Gasteiger partial charge in [0.05, 0.1) is 12.5 Å². The van der Waals surface area contributed by atoms with Gasteiger partial charge in [0.25, 0.3) is 0 Å². The number of nitrogens with zero attached hydrogens (tertiary/aromatic N) is 5. The van der Waals surface area contributed by atoms with Crippen molar-refractivity contribution in [3.05, 3.63) is 11.6 Å². The first-order valence-corrected chi connectivity index (χ1v) is 8.00. The highest BCUT2D eigenvalue weighted by Crippen LogP contribution is 2.17. The van der Waals surface area contributed by atoms with Gasteiger partial charge < -0.3 is 15.1 Å². The summed E-state index contributed by atoms with van der Waals surface area (Å²) in [6.45, 7) is 6.07. The van der Waals surface area contributed by atoms with Gasteiger partial charge in [-0.25, -0.2) is 14.5 Å². The molecule has 0 unspecified atom stereocenters. The van der Waals surface area contributed by atoms with Crippen molar-refractivity contribution in [3.63, 3.8) is 0 Å². The van der Waals surface area contributed by atoms with Crippen molar-refractivity contribution in [2.45, 2.75) is 33.2 Å². The maximum absolute atomic E-state index is 12.3. The minimum atomic E-state index is -0.133. The fourth-order valence-electron chi connectivity index (χ4n) is 2.85. The fraction of sp³-hybridized carbons (Fsp3) is 0.733. The maximum atomic E-state index is 12.3. The molecular formula is C15H26N6O2. The number of aryl methyl sites for hydroxylation is 2. The Kier molecular flexibility index (Phi) is 5.57. The molecule has 3 amide bonds. The van der Waals surface area contributed by atoms with Crippen LogP contribution in [0.1, 0.15) is 24.5 Å². The summed E-state index contributed by atoms with van der Waals surface area (Å²) in [6.07, 6.45) is 1.68. The van der Waals surface area contributed by atoms with Gasteiger partial charge in [-0.1, -0.05) is 0 Å². The summed E-state index contributed by atoms with van der Waals surface area (Å²) in [5.41, 5.74) is 0. The van der Waals surface area contributed by atoms with Crippen LogP contribution in [0.5, 0.6) is 0 Å². The molecule has 0 aliphatic carbocycles. The third-order valence-electron chi connectivity index (χ3n) is 4.03. The standard InChI is InChI=1S/C15H26N6O2/c1-11-17-12(2)21(18-11)9-7-16-14(22)13-6-5-8-20(10-13)15(23)19(3)4/h13H,5-10H2,1-4H3,(H,16,22)/t13-/m0/s1. The van der Waals surface area contributed by atoms with Gasteiger partial charge in [0.15, 0.2) is 0 Å². The largest absolute Gasteiger partial charge is 0.354 e. The van der Waals surface area contributed by atoms with Crippen LogP contribution in [0, 0.1) is 19.8 Å². The number of nitrogens with one attached hydrogen (secondary N) is 1. The highest BCUT2D eigenvalue weighted by Gasteiger charge is 2.28. The second-order valence-corrected chi connectivity index (χ2v) is 6.18. The second-order valence-electron chi connectivity index (χ2n) is 6.18. The summed E-state index contributed by atoms with van der Waals surface area (Å²) in [7, 11) is 3.46. The van der Waals surface area contributed by atoms with Crippen LogP contribution < -0.4 is 5.32 Å². The van der Waals surface area contributed by atoms with Gasteiger partial charge in [0, 0.05) is 33.7 Å². The van der Waals surface area contributed by atoms with Gasteiger partial charge in [-0.15, -0.1) is 0 Å². The quantitative estimate of drug-likeness (QED) is 0.870. The Balaban J connectivity index is 1.81. The molecule has 128 valence electrons. The van der Waals surface area contributed by atoms with E-state index in [1.165, 1.54) is 0 Å². The number of aromatic nitrogens is 3. The first-order chi connectivity index (χ1) is 10.9. The molecule has 1 saturated heterocycles. The molecule has 1 aliphatic heterocycles. The van der Waals surface area contributed by atoms with Gasteiger partial charge >= 0.3 is 6.03 Å². The van der Waals surface area contributed by atoms with Crippen molar-refractivity contribution < 1.29 is 9.59 Å². The lowest BCUT2D eigenvalue weighted by molar-refractivity contribution is -0.126. The summed E-state index contributed by atoms with van der Waals surface area (Å²) in [5, 5.41) is 7.22. The Morgan fingerprint density at radius 2 is 2.09 bits per heavy atom. The van der Waals surface area contributed by atoms with E-state index in [0.717, 1.165) is 31.0 Å². The minimum Gasteiger partial charge on any atom is -0.354 e. The zero-order valence-corrected chi connectivity index (χ0v) is 14.4. The number of carbonyl (C=O) groups excluding carboxylic acids is 2. The zero-order chi connectivity index (χ0) is 17.0. The maximum Gasteiger partial charge on any atom is 0.319 e. The van der Waals surface area contributed by atoms with Crippen LogP contribution in [0.3, 0.4) is 0 Å². The molecular weight excluding hydrogens is 296 g/mol. The molecule has 2 heterocycles. The van der Waals surface area contributed by atoms with E-state index in [1.54, 1.807) is 28.6 Å². The molecule has 0 aromatic carbocycles. The van der Waals surface area contributed by atoms with Crippen molar-refractivity contribution in [3.8, 4) is 0 Å². The lowest BCUT2D eigenvalue weighted by Crippen LogP contribution is -2.48. The lowest BCUT2D eigenvalue weighted by atomic mass is 9.97. The summed E-state index contributed by atoms with van der Waals surface area (Å²) < 4.78 is 1.79. The number of urea groups is 1. The van der Waals surface area contributed by atoms with E-state index in [-0.39, 0.29) is 17.9 Å². The molecule has 1 aromatic heterocycles. The van der Waals surface area contributed by atoms with Crippen molar-refractivity contribution in [1.82, 2.24) is 29.9 Å². The molecule has 0 radical (unpaired) electrons. The molecule has 23 heavy (non-hydrogen) atoms. The van der Waals surface area contributed by atoms with Crippen LogP contribution in [-0.2, 0) is 11.3 Å². The molecule has 1 atom stereocenters. The van der Waals surface area contributed by atoms with E-state index < -0.39 is 0 Å². The minimum absolute atomic E-state index is 0.00995. The fourth-order valence-corrected chi connectivity index (χ4v) is 2.85. The number of piperidine rings is 1. The number of hydrogen-bond acceptors (Lipinski definition) is 4. The second kappa shape index (κ2) is 7.43. The van der Waals surface area contributed by atoms with Crippen molar-refractivity contribution in [1.29, 1.82) is 0 Å². The topological polar surface area (TPSA) is 83.4 Å². The highest BCUT2D eigenvalue weighted by molar-refractivity contribution is 5.80. The molecule has 1 aromatic rings. The smallest absolute Gasteiger partial charge is 0.319 e. The van der Waals surface area contributed by atoms with E-state index in [9.17, 15) is 9.59 Å². The SMILES string of the molecule is Cc1nc(C)n(CCNC(=O)[C@H]2CCCN(C(=O)N(C)C)C2)n1. The summed E-state index contributed by atoms with van der Waals surface area (Å²) in [4.78, 5) is 31.9. The molecule has 1 fully saturated rings. The Morgan fingerprint density at radius 1 is 1.35 bits per heavy atom. The van der Waals surface area contributed by atoms with Gasteiger partial charge in [0.1, 0.15) is 11.6 Å². The van der Waals surface area contributed by atoms with Crippen LogP contribution >= 0.6 is 0 Å². The van der Waals surface area contributed by atoms with Gasteiger partial charge in [-0.2, -0.15) is 5.10 Å². The summed E-state index contributed by atoms with van der Waals surface area (Å²) in [5.74, 6) is 1.46. The van der Waals surface area contributed by atoms with E-state index in [0.29, 0.717) is 19.6 Å². The van der Waals surface area contributed by atoms with Crippen LogP contribution in [0.4, 0.5) is 4.79 Å². The van der Waals surface area contributed by atoms with Crippen molar-refractivity contribution in [2.75, 3.05) is 33.7 Å². The zero-order valence-electron chi connectivity index (χ0n) is 14.4. The van der Waals surface area contributed by atoms with Crippen LogP contribution in [0.15, 0.2) is 0 Å². The molecule has 8 nitrogen and oxygen atoms in total. The first kappa shape index (κ1) is 17.2. The molecule has 8 heteroatoms. The van der Waals surface area contributed by atoms with Gasteiger partial charge in [-0.05, 0) is 26.7 Å². The molecule has 0 spiro atoms. The van der Waals surface area contributed by atoms with E-state index >= 15 is 0 Å². The van der Waals surface area contributed by atoms with Crippen LogP contribution in [0.2, 0.25) is 0 Å². The van der Waals surface area contributed by atoms with Crippen LogP contribution in [0.25, 0.3) is 0 Å². The molecule has 2 rings (SSSR count). The van der Waals surface area contributed by atoms with E-state index in [2.05, 4.69) is 15.4 Å². The predicted molar refractivity (Wildman–Crippen MR) is 85.9 cm³/mol. The predicted octanol–water partition coefficient (Wildman–Crippen LogP) is 0.405. The Labute approximate surface area is 136 Å². The Bertz CT molecular complexity index is 568. The highest BCUT2D eigenvalue weighted by atomic mass is 16.2. The van der Waals surface area contributed by atoms with E-state index in [4.69, 9.17) is 0 Å². The molecule has 0 bridgehead atoms. The van der Waals surface area contributed by atoms with Crippen LogP contribution in [-0.4, -0.2) is 70.2 Å². The third-order valence-corrected chi connectivity index (χ3v) is 4.03. The molecule has 0 saturated carbocycles. The summed E-state index contributed by atoms with van der Waals surface area (Å²) in [6, 6.07) is -0.0313. The number of carbonyl (C=O) groups is 2. The molecule has 1 N–H and O–H groups in total. The average molecular weight is 322 g/mol.